The molecule has 0 aliphatic carbocycles. The minimum atomic E-state index is -0.101. The normalized spacial score (nSPS) is 11.1. The molecule has 4 aromatic rings. The average Bonchev–Trinajstić information content (AvgIpc) is 3.37. The Hall–Kier alpha value is -3.42. The quantitative estimate of drug-likeness (QED) is 0.378. The number of aryl methyl sites for hydroxylation is 1. The van der Waals surface area contributed by atoms with Gasteiger partial charge in [0.2, 0.25) is 5.78 Å². The Balaban J connectivity index is 1.32. The van der Waals surface area contributed by atoms with Gasteiger partial charge in [-0.15, -0.1) is 5.10 Å². The molecule has 8 heteroatoms. The minimum Gasteiger partial charge on any atom is -0.432 e. The fraction of sp³-hybridized carbons (Fsp3) is 0.263. The number of benzene rings is 1. The summed E-state index contributed by atoms with van der Waals surface area (Å²) in [7, 11) is 0. The topological polar surface area (TPSA) is 110 Å². The number of hydrogen-bond donors (Lipinski definition) is 1. The van der Waals surface area contributed by atoms with Crippen LogP contribution in [-0.4, -0.2) is 36.4 Å². The molecule has 0 spiro atoms. The molecule has 0 aliphatic heterocycles. The molecular formula is C19H18N6O2. The van der Waals surface area contributed by atoms with E-state index in [1.165, 1.54) is 5.56 Å². The van der Waals surface area contributed by atoms with Crippen LogP contribution in [0.2, 0.25) is 0 Å². The van der Waals surface area contributed by atoms with Crippen LogP contribution in [0.4, 0.5) is 0 Å². The molecule has 0 aliphatic rings. The van der Waals surface area contributed by atoms with Crippen LogP contribution in [0, 0.1) is 0 Å². The van der Waals surface area contributed by atoms with E-state index in [0.717, 1.165) is 25.7 Å². The smallest absolute Gasteiger partial charge is 0.265 e. The van der Waals surface area contributed by atoms with E-state index in [1.54, 1.807) is 12.3 Å². The van der Waals surface area contributed by atoms with E-state index in [2.05, 4.69) is 42.7 Å². The van der Waals surface area contributed by atoms with E-state index in [4.69, 9.17) is 4.42 Å². The van der Waals surface area contributed by atoms with Gasteiger partial charge in [0.1, 0.15) is 0 Å². The molecule has 0 radical (unpaired) electrons. The number of Topliss-reactive ketones (excluding diaryl/α,β-unsaturated/α-hetero) is 1. The summed E-state index contributed by atoms with van der Waals surface area (Å²) in [6.07, 6.45) is 5.89. The standard InChI is InChI=1S/C19H18N6O2/c26-15(10-6-2-5-9-13-7-3-1-4-8-13)19-21-18-16(27-19)11-14(12-20-18)17-22-24-25-23-17/h1,3-4,7-8,11-12H,2,5-6,9-10H2,(H,22,23,24,25). The van der Waals surface area contributed by atoms with Crippen molar-refractivity contribution in [3.05, 3.63) is 54.0 Å². The lowest BCUT2D eigenvalue weighted by atomic mass is 10.1. The highest BCUT2D eigenvalue weighted by Gasteiger charge is 2.16. The Morgan fingerprint density at radius 2 is 2.00 bits per heavy atom. The summed E-state index contributed by atoms with van der Waals surface area (Å²) in [5.41, 5.74) is 2.84. The number of rotatable bonds is 8. The molecule has 0 saturated heterocycles. The lowest BCUT2D eigenvalue weighted by Gasteiger charge is -2.00. The Kier molecular flexibility index (Phi) is 4.95. The summed E-state index contributed by atoms with van der Waals surface area (Å²) in [4.78, 5) is 20.7. The highest BCUT2D eigenvalue weighted by Crippen LogP contribution is 2.21. The largest absolute Gasteiger partial charge is 0.432 e. The number of tetrazole rings is 1. The number of nitrogens with one attached hydrogen (secondary N) is 1. The van der Waals surface area contributed by atoms with Crippen molar-refractivity contribution in [1.29, 1.82) is 0 Å². The zero-order chi connectivity index (χ0) is 18.5. The third-order valence-electron chi connectivity index (χ3n) is 4.32. The molecule has 27 heavy (non-hydrogen) atoms. The lowest BCUT2D eigenvalue weighted by Crippen LogP contribution is -1.99. The molecule has 3 aromatic heterocycles. The van der Waals surface area contributed by atoms with Gasteiger partial charge in [0, 0.05) is 18.2 Å². The average molecular weight is 362 g/mol. The molecule has 136 valence electrons. The number of unbranched alkanes of at least 4 members (excludes halogenated alkanes) is 2. The van der Waals surface area contributed by atoms with Gasteiger partial charge >= 0.3 is 0 Å². The Morgan fingerprint density at radius 3 is 2.81 bits per heavy atom. The van der Waals surface area contributed by atoms with Crippen molar-refractivity contribution in [3.8, 4) is 11.4 Å². The number of aromatic nitrogens is 6. The van der Waals surface area contributed by atoms with Crippen LogP contribution in [0.3, 0.4) is 0 Å². The Morgan fingerprint density at radius 1 is 1.11 bits per heavy atom. The first-order chi connectivity index (χ1) is 13.3. The summed E-state index contributed by atoms with van der Waals surface area (Å²) in [6.45, 7) is 0. The van der Waals surface area contributed by atoms with E-state index in [9.17, 15) is 4.79 Å². The summed E-state index contributed by atoms with van der Waals surface area (Å²) < 4.78 is 5.59. The number of carbonyl (C=O) groups is 1. The molecule has 8 nitrogen and oxygen atoms in total. The number of ketones is 1. The predicted molar refractivity (Wildman–Crippen MR) is 97.9 cm³/mol. The maximum absolute atomic E-state index is 12.3. The van der Waals surface area contributed by atoms with Crippen molar-refractivity contribution in [3.63, 3.8) is 0 Å². The molecule has 4 rings (SSSR count). The van der Waals surface area contributed by atoms with Gasteiger partial charge in [0.05, 0.1) is 0 Å². The predicted octanol–water partition coefficient (Wildman–Crippen LogP) is 3.39. The number of H-pyrrole nitrogens is 1. The molecule has 1 aromatic carbocycles. The number of hydrogen-bond acceptors (Lipinski definition) is 7. The summed E-state index contributed by atoms with van der Waals surface area (Å²) in [5, 5.41) is 13.5. The zero-order valence-electron chi connectivity index (χ0n) is 14.6. The number of oxazole rings is 1. The highest BCUT2D eigenvalue weighted by atomic mass is 16.4. The van der Waals surface area contributed by atoms with Crippen molar-refractivity contribution >= 4 is 17.0 Å². The molecule has 0 unspecified atom stereocenters. The van der Waals surface area contributed by atoms with Crippen LogP contribution in [0.15, 0.2) is 47.0 Å². The van der Waals surface area contributed by atoms with Gasteiger partial charge in [-0.1, -0.05) is 36.8 Å². The van der Waals surface area contributed by atoms with E-state index < -0.39 is 0 Å². The fourth-order valence-electron chi connectivity index (χ4n) is 2.89. The van der Waals surface area contributed by atoms with Crippen LogP contribution in [0.5, 0.6) is 0 Å². The van der Waals surface area contributed by atoms with Gasteiger partial charge in [0.15, 0.2) is 17.1 Å². The van der Waals surface area contributed by atoms with Gasteiger partial charge in [-0.05, 0) is 41.3 Å². The van der Waals surface area contributed by atoms with Gasteiger partial charge < -0.3 is 4.42 Å². The van der Waals surface area contributed by atoms with Crippen LogP contribution in [0.25, 0.3) is 22.6 Å². The first kappa shape index (κ1) is 17.0. The van der Waals surface area contributed by atoms with Crippen LogP contribution >= 0.6 is 0 Å². The third kappa shape index (κ3) is 4.05. The molecule has 0 fully saturated rings. The second-order valence-electron chi connectivity index (χ2n) is 6.28. The van der Waals surface area contributed by atoms with Crippen molar-refractivity contribution in [2.75, 3.05) is 0 Å². The maximum Gasteiger partial charge on any atom is 0.265 e. The van der Waals surface area contributed by atoms with Gasteiger partial charge in [-0.3, -0.25) is 4.79 Å². The second-order valence-corrected chi connectivity index (χ2v) is 6.28. The van der Waals surface area contributed by atoms with Crippen molar-refractivity contribution in [2.24, 2.45) is 0 Å². The van der Waals surface area contributed by atoms with Crippen LogP contribution in [-0.2, 0) is 6.42 Å². The second kappa shape index (κ2) is 7.86. The maximum atomic E-state index is 12.3. The first-order valence-corrected chi connectivity index (χ1v) is 8.87. The summed E-state index contributed by atoms with van der Waals surface area (Å²) in [5.74, 6) is 0.482. The highest BCUT2D eigenvalue weighted by molar-refractivity contribution is 5.93. The van der Waals surface area contributed by atoms with E-state index in [1.807, 2.05) is 18.2 Å². The van der Waals surface area contributed by atoms with E-state index in [0.29, 0.717) is 29.0 Å². The first-order valence-electron chi connectivity index (χ1n) is 8.87. The summed E-state index contributed by atoms with van der Waals surface area (Å²) >= 11 is 0. The van der Waals surface area contributed by atoms with Crippen molar-refractivity contribution in [1.82, 2.24) is 30.6 Å². The SMILES string of the molecule is O=C(CCCCCc1ccccc1)c1nc2ncc(-c3nnn[nH]3)cc2o1. The van der Waals surface area contributed by atoms with Gasteiger partial charge in [0.25, 0.3) is 5.89 Å². The Labute approximate surface area is 155 Å². The van der Waals surface area contributed by atoms with Crippen LogP contribution in [0.1, 0.15) is 41.9 Å². The van der Waals surface area contributed by atoms with E-state index >= 15 is 0 Å². The minimum absolute atomic E-state index is 0.101. The van der Waals surface area contributed by atoms with Crippen molar-refractivity contribution < 1.29 is 9.21 Å². The van der Waals surface area contributed by atoms with Gasteiger partial charge in [-0.25, -0.2) is 10.1 Å². The molecular weight excluding hydrogens is 344 g/mol. The molecule has 0 saturated carbocycles. The molecule has 0 bridgehead atoms. The monoisotopic (exact) mass is 362 g/mol. The van der Waals surface area contributed by atoms with Gasteiger partial charge in [-0.2, -0.15) is 4.98 Å². The zero-order valence-corrected chi connectivity index (χ0v) is 14.6. The number of pyridine rings is 1. The van der Waals surface area contributed by atoms with E-state index in [-0.39, 0.29) is 11.7 Å². The fourth-order valence-corrected chi connectivity index (χ4v) is 2.89. The molecule has 3 heterocycles. The Bertz CT molecular complexity index is 1030. The molecule has 0 amide bonds. The number of carbonyl (C=O) groups excluding carboxylic acids is 1. The molecule has 0 atom stereocenters. The number of nitrogens with zero attached hydrogens (tertiary/aromatic N) is 5. The molecule has 1 N–H and O–H groups in total. The van der Waals surface area contributed by atoms with Crippen LogP contribution < -0.4 is 0 Å². The lowest BCUT2D eigenvalue weighted by molar-refractivity contribution is 0.0947. The summed E-state index contributed by atoms with van der Waals surface area (Å²) in [6, 6.07) is 12.1. The number of fused-ring (bicyclic) bond motifs is 1. The third-order valence-corrected chi connectivity index (χ3v) is 4.32. The number of aromatic amines is 1. The van der Waals surface area contributed by atoms with Crippen molar-refractivity contribution in [2.45, 2.75) is 32.1 Å².